The Labute approximate surface area is 865 Å². The van der Waals surface area contributed by atoms with E-state index < -0.39 is 0 Å². The second kappa shape index (κ2) is 41.1. The smallest absolute Gasteiger partial charge is 0.160 e. The van der Waals surface area contributed by atoms with Gasteiger partial charge in [0, 0.05) is 134 Å². The average Bonchev–Trinajstić information content (AvgIpc) is 0.741. The lowest BCUT2D eigenvalue weighted by Crippen LogP contribution is -1.97. The van der Waals surface area contributed by atoms with Crippen LogP contribution in [0.15, 0.2) is 529 Å². The highest BCUT2D eigenvalue weighted by Crippen LogP contribution is 2.44. The molecule has 27 aromatic rings. The van der Waals surface area contributed by atoms with E-state index in [1.54, 1.807) is 49.6 Å². The van der Waals surface area contributed by atoms with Crippen molar-refractivity contribution < 1.29 is 0 Å². The van der Waals surface area contributed by atoms with Crippen molar-refractivity contribution in [1.29, 1.82) is 0 Å². The third-order valence-electron chi connectivity index (χ3n) is 27.2. The molecule has 0 aliphatic rings. The lowest BCUT2D eigenvalue weighted by Gasteiger charge is -2.14. The molecule has 0 amide bonds. The number of pyridine rings is 9. The van der Waals surface area contributed by atoms with E-state index in [0.29, 0.717) is 17.5 Å². The first-order chi connectivity index (χ1) is 74.3. The summed E-state index contributed by atoms with van der Waals surface area (Å²) >= 11 is 0. The van der Waals surface area contributed by atoms with Crippen LogP contribution in [0, 0.1) is 0 Å². The minimum absolute atomic E-state index is 0.621. The molecule has 0 fully saturated rings. The molecule has 150 heavy (non-hydrogen) atoms. The molecule has 27 rings (SSSR count). The SMILES string of the molecule is c1ccc(-c2cc(-c3cccc(-c4ccc(-c5nc(-c6ccccn6)cc(-c6ccccn6)n5)cc4)c3)nc3ccc4ccccc4c23)cc1.c1ccc(-c2cc(-c3cccc(-c4ccc(-c5nc(-c6cccnc6)cc(-c6cccnc6)n5)cc4)c3)nc3ccc4ccccc4c23)cc1.c1ccc(-c2cc(-c3cccc(-c4ccc(-c5nc(-c6ccncc6)cc(-c6ccncc6)n5)cc4)c3)nc3ccc4ccccc4c23)cc1. The van der Waals surface area contributed by atoms with Crippen molar-refractivity contribution in [3.63, 3.8) is 0 Å². The molecule has 0 N–H and O–H groups in total. The van der Waals surface area contributed by atoms with E-state index in [9.17, 15) is 0 Å². The minimum atomic E-state index is 0.621. The van der Waals surface area contributed by atoms with Gasteiger partial charge >= 0.3 is 0 Å². The molecule has 0 saturated carbocycles. The van der Waals surface area contributed by atoms with E-state index in [0.717, 1.165) is 168 Å². The number of fused-ring (bicyclic) bond motifs is 9. The summed E-state index contributed by atoms with van der Waals surface area (Å²) in [4.78, 5) is 71.4. The van der Waals surface area contributed by atoms with Crippen LogP contribution in [0.25, 0.3) is 268 Å². The number of hydrogen-bond donors (Lipinski definition) is 0. The van der Waals surface area contributed by atoms with E-state index in [2.05, 4.69) is 394 Å². The fourth-order valence-corrected chi connectivity index (χ4v) is 19.7. The van der Waals surface area contributed by atoms with Gasteiger partial charge in [-0.15, -0.1) is 0 Å². The molecule has 15 nitrogen and oxygen atoms in total. The lowest BCUT2D eigenvalue weighted by molar-refractivity contribution is 1.15. The van der Waals surface area contributed by atoms with Gasteiger partial charge < -0.3 is 0 Å². The zero-order valence-corrected chi connectivity index (χ0v) is 80.9. The molecule has 0 spiro atoms. The van der Waals surface area contributed by atoms with Crippen LogP contribution in [0.4, 0.5) is 0 Å². The van der Waals surface area contributed by atoms with Gasteiger partial charge in [-0.2, -0.15) is 0 Å². The molecular weight excluding hydrogens is 1830 g/mol. The maximum atomic E-state index is 5.21. The highest BCUT2D eigenvalue weighted by Gasteiger charge is 2.23. The van der Waals surface area contributed by atoms with E-state index in [1.807, 2.05) is 116 Å². The van der Waals surface area contributed by atoms with Crippen LogP contribution in [0.1, 0.15) is 0 Å². The van der Waals surface area contributed by atoms with Gasteiger partial charge in [-0.25, -0.2) is 44.9 Å². The normalized spacial score (nSPS) is 11.2. The molecule has 0 aliphatic carbocycles. The molecule has 0 atom stereocenters. The number of nitrogens with zero attached hydrogens (tertiary/aromatic N) is 15. The summed E-state index contributed by atoms with van der Waals surface area (Å²) in [5, 5.41) is 10.8. The summed E-state index contributed by atoms with van der Waals surface area (Å²) in [5.74, 6) is 1.93. The molecular formula is C135H87N15. The summed E-state index contributed by atoms with van der Waals surface area (Å²) in [6.45, 7) is 0. The fourth-order valence-electron chi connectivity index (χ4n) is 19.7. The van der Waals surface area contributed by atoms with Crippen molar-refractivity contribution in [3.05, 3.63) is 529 Å². The van der Waals surface area contributed by atoms with Gasteiger partial charge in [0.15, 0.2) is 17.5 Å². The van der Waals surface area contributed by atoms with Gasteiger partial charge in [0.2, 0.25) is 0 Å². The Kier molecular flexibility index (Phi) is 24.8. The van der Waals surface area contributed by atoms with E-state index in [4.69, 9.17) is 44.9 Å². The van der Waals surface area contributed by atoms with Crippen molar-refractivity contribution in [1.82, 2.24) is 74.8 Å². The average molecular weight is 1920 g/mol. The maximum Gasteiger partial charge on any atom is 0.160 e. The molecule has 0 saturated heterocycles. The van der Waals surface area contributed by atoms with E-state index in [-0.39, 0.29) is 0 Å². The summed E-state index contributed by atoms with van der Waals surface area (Å²) in [7, 11) is 0. The van der Waals surface area contributed by atoms with Crippen molar-refractivity contribution in [3.8, 4) is 203 Å². The monoisotopic (exact) mass is 1920 g/mol. The Morgan fingerprint density at radius 2 is 0.400 bits per heavy atom. The number of aromatic nitrogens is 15. The maximum absolute atomic E-state index is 5.21. The number of hydrogen-bond acceptors (Lipinski definition) is 15. The van der Waals surface area contributed by atoms with Gasteiger partial charge in [-0.1, -0.05) is 322 Å². The quantitative estimate of drug-likeness (QED) is 0.0736. The second-order valence-electron chi connectivity index (χ2n) is 36.6. The predicted octanol–water partition coefficient (Wildman–Crippen LogP) is 32.9. The molecule has 0 aliphatic heterocycles. The molecule has 12 heterocycles. The molecule has 0 radical (unpaired) electrons. The van der Waals surface area contributed by atoms with Crippen LogP contribution in [0.3, 0.4) is 0 Å². The summed E-state index contributed by atoms with van der Waals surface area (Å²) < 4.78 is 0. The van der Waals surface area contributed by atoms with Crippen LogP contribution in [0.5, 0.6) is 0 Å². The summed E-state index contributed by atoms with van der Waals surface area (Å²) in [5.41, 5.74) is 35.6. The summed E-state index contributed by atoms with van der Waals surface area (Å²) in [6.07, 6.45) is 17.9. The Balaban J connectivity index is 0.000000116. The van der Waals surface area contributed by atoms with Crippen LogP contribution in [-0.2, 0) is 0 Å². The van der Waals surface area contributed by atoms with Crippen molar-refractivity contribution >= 4 is 65.0 Å². The zero-order valence-electron chi connectivity index (χ0n) is 80.9. The largest absolute Gasteiger partial charge is 0.265 e. The highest BCUT2D eigenvalue weighted by molar-refractivity contribution is 6.17. The van der Waals surface area contributed by atoms with Gasteiger partial charge in [-0.05, 0) is 245 Å². The Hall–Kier alpha value is -20.6. The van der Waals surface area contributed by atoms with Gasteiger partial charge in [0.25, 0.3) is 0 Å². The van der Waals surface area contributed by atoms with Gasteiger partial charge in [0.1, 0.15) is 0 Å². The second-order valence-corrected chi connectivity index (χ2v) is 36.6. The predicted molar refractivity (Wildman–Crippen MR) is 609 cm³/mol. The van der Waals surface area contributed by atoms with Crippen LogP contribution in [0.2, 0.25) is 0 Å². The molecule has 15 heteroatoms. The minimum Gasteiger partial charge on any atom is -0.265 e. The van der Waals surface area contributed by atoms with Gasteiger partial charge in [-0.3, -0.25) is 29.9 Å². The van der Waals surface area contributed by atoms with E-state index >= 15 is 0 Å². The third kappa shape index (κ3) is 19.0. The van der Waals surface area contributed by atoms with Crippen molar-refractivity contribution in [2.24, 2.45) is 0 Å². The number of rotatable bonds is 18. The van der Waals surface area contributed by atoms with Crippen LogP contribution >= 0.6 is 0 Å². The third-order valence-corrected chi connectivity index (χ3v) is 27.2. The Morgan fingerprint density at radius 1 is 0.127 bits per heavy atom. The highest BCUT2D eigenvalue weighted by atomic mass is 14.9. The van der Waals surface area contributed by atoms with Crippen molar-refractivity contribution in [2.75, 3.05) is 0 Å². The molecule has 0 bridgehead atoms. The first-order valence-corrected chi connectivity index (χ1v) is 49.7. The fraction of sp³-hybridized carbons (Fsp3) is 0. The molecule has 15 aromatic carbocycles. The first kappa shape index (κ1) is 90.7. The lowest BCUT2D eigenvalue weighted by atomic mass is 9.94. The molecule has 702 valence electrons. The van der Waals surface area contributed by atoms with E-state index in [1.165, 1.54) is 81.9 Å². The molecule has 0 unspecified atom stereocenters. The number of benzene rings is 15. The van der Waals surface area contributed by atoms with Crippen LogP contribution in [-0.4, -0.2) is 74.8 Å². The Bertz CT molecular complexity index is 8580. The zero-order chi connectivity index (χ0) is 99.8. The van der Waals surface area contributed by atoms with Gasteiger partial charge in [0.05, 0.1) is 79.2 Å². The topological polar surface area (TPSA) is 193 Å². The van der Waals surface area contributed by atoms with Crippen molar-refractivity contribution in [2.45, 2.75) is 0 Å². The standard InChI is InChI=1S/3C45H29N5/c1-2-9-31(10-3-1)39-26-41(48-40-22-21-32-11-4-5-16-38(32)44(39)40)35-13-6-12-34(25-35)30-17-19-33(20-18-30)45-49-42(36-14-7-23-46-28-36)27-43(50-45)37-15-8-24-47-29-37;1-2-11-31(12-3-1)37-28-41(48-40-24-23-32-13-4-5-16-36(32)44(37)40)35-15-10-14-34(27-35)30-19-21-33(22-20-30)45-49-42(38-17-6-8-25-46-38)29-43(50-45)39-18-7-9-26-47-39;1-2-7-31(8-3-1)39-28-41(48-40-18-17-32-9-4-5-12-38(32)44(39)40)37-11-6-10-36(27-37)30-13-15-35(16-14-30)45-49-42(33-19-23-46-24-20-33)29-43(50-45)34-21-25-47-26-22-34/h3*1-29H. The first-order valence-electron chi connectivity index (χ1n) is 49.7. The van der Waals surface area contributed by atoms with Crippen LogP contribution < -0.4 is 0 Å². The molecule has 12 aromatic heterocycles. The summed E-state index contributed by atoms with van der Waals surface area (Å²) in [6, 6.07) is 161. The Morgan fingerprint density at radius 3 is 0.720 bits per heavy atom.